The van der Waals surface area contributed by atoms with Crippen LogP contribution < -0.4 is 0 Å². The number of aromatic nitrogens is 4. The lowest BCUT2D eigenvalue weighted by atomic mass is 10.0. The highest BCUT2D eigenvalue weighted by molar-refractivity contribution is 7.99. The Morgan fingerprint density at radius 1 is 1.12 bits per heavy atom. The van der Waals surface area contributed by atoms with Crippen molar-refractivity contribution in [2.75, 3.05) is 6.26 Å². The molecule has 0 bridgehead atoms. The molecule has 0 spiro atoms. The number of halogens is 3. The van der Waals surface area contributed by atoms with Gasteiger partial charge in [-0.3, -0.25) is 0 Å². The van der Waals surface area contributed by atoms with Gasteiger partial charge in [0, 0.05) is 26.4 Å². The Kier molecular flexibility index (Phi) is 4.56. The minimum absolute atomic E-state index is 0.323. The van der Waals surface area contributed by atoms with Crippen LogP contribution in [0.1, 0.15) is 0 Å². The van der Waals surface area contributed by atoms with E-state index in [4.69, 9.17) is 28.2 Å². The number of thioether (sulfide) groups is 1. The fourth-order valence-electron chi connectivity index (χ4n) is 2.82. The minimum atomic E-state index is -0.323. The number of hydrogen-bond donors (Lipinski definition) is 0. The van der Waals surface area contributed by atoms with Gasteiger partial charge in [-0.05, 0) is 36.6 Å². The van der Waals surface area contributed by atoms with Crippen LogP contribution in [-0.4, -0.2) is 26.0 Å². The lowest BCUT2D eigenvalue weighted by molar-refractivity contribution is 0.629. The maximum Gasteiger partial charge on any atom is 0.164 e. The molecule has 4 rings (SSSR count). The van der Waals surface area contributed by atoms with Crippen LogP contribution in [-0.2, 0) is 0 Å². The monoisotopic (exact) mass is 404 g/mol. The van der Waals surface area contributed by atoms with Gasteiger partial charge in [0.25, 0.3) is 0 Å². The van der Waals surface area contributed by atoms with Crippen LogP contribution in [0.5, 0.6) is 0 Å². The minimum Gasteiger partial charge on any atom is -0.228 e. The molecule has 0 radical (unpaired) electrons. The summed E-state index contributed by atoms with van der Waals surface area (Å²) >= 11 is 14.0. The zero-order chi connectivity index (χ0) is 18.3. The molecular weight excluding hydrogens is 394 g/mol. The van der Waals surface area contributed by atoms with Crippen molar-refractivity contribution in [1.82, 2.24) is 19.7 Å². The van der Waals surface area contributed by atoms with Gasteiger partial charge in [-0.2, -0.15) is 5.10 Å². The lowest BCUT2D eigenvalue weighted by Crippen LogP contribution is -2.04. The van der Waals surface area contributed by atoms with E-state index in [1.165, 1.54) is 30.2 Å². The van der Waals surface area contributed by atoms with Crippen LogP contribution in [0, 0.1) is 5.82 Å². The maximum atomic E-state index is 13.9. The average Bonchev–Trinajstić information content (AvgIpc) is 3.15. The third-order valence-electron chi connectivity index (χ3n) is 3.92. The number of fused-ring (bicyclic) bond motifs is 1. The predicted molar refractivity (Wildman–Crippen MR) is 104 cm³/mol. The van der Waals surface area contributed by atoms with Crippen molar-refractivity contribution >= 4 is 45.9 Å². The van der Waals surface area contributed by atoms with Crippen molar-refractivity contribution < 1.29 is 4.39 Å². The molecule has 2 aromatic heterocycles. The Bertz CT molecular complexity index is 1120. The van der Waals surface area contributed by atoms with Crippen LogP contribution in [0.3, 0.4) is 0 Å². The molecule has 8 heteroatoms. The number of hydrogen-bond acceptors (Lipinski definition) is 4. The van der Waals surface area contributed by atoms with E-state index in [0.29, 0.717) is 26.8 Å². The summed E-state index contributed by atoms with van der Waals surface area (Å²) in [6.07, 6.45) is 4.93. The van der Waals surface area contributed by atoms with Gasteiger partial charge in [-0.25, -0.2) is 19.0 Å². The van der Waals surface area contributed by atoms with Gasteiger partial charge < -0.3 is 0 Å². The molecule has 0 atom stereocenters. The highest BCUT2D eigenvalue weighted by atomic mass is 35.5. The van der Waals surface area contributed by atoms with Crippen molar-refractivity contribution in [1.29, 1.82) is 0 Å². The average molecular weight is 405 g/mol. The second-order valence-electron chi connectivity index (χ2n) is 5.47. The van der Waals surface area contributed by atoms with Gasteiger partial charge >= 0.3 is 0 Å². The molecule has 0 saturated carbocycles. The van der Waals surface area contributed by atoms with Crippen molar-refractivity contribution in [3.8, 4) is 16.9 Å². The van der Waals surface area contributed by atoms with Gasteiger partial charge in [0.2, 0.25) is 0 Å². The Morgan fingerprint density at radius 2 is 1.96 bits per heavy atom. The van der Waals surface area contributed by atoms with E-state index in [9.17, 15) is 4.39 Å². The molecule has 130 valence electrons. The van der Waals surface area contributed by atoms with Gasteiger partial charge in [0.15, 0.2) is 5.82 Å². The number of nitrogens with zero attached hydrogens (tertiary/aromatic N) is 4. The summed E-state index contributed by atoms with van der Waals surface area (Å²) < 4.78 is 15.5. The topological polar surface area (TPSA) is 43.6 Å². The number of pyridine rings is 1. The van der Waals surface area contributed by atoms with Crippen molar-refractivity contribution in [3.05, 3.63) is 64.9 Å². The molecule has 26 heavy (non-hydrogen) atoms. The van der Waals surface area contributed by atoms with Crippen LogP contribution in [0.2, 0.25) is 10.0 Å². The standard InChI is InChI=1S/C18H11Cl2FN4S/c1-26-17-13-7-11(21)3-5-15(13)24-18(25-9-22-8-23-25)16(17)12-4-2-10(19)6-14(12)20/h2-9H,1H3. The van der Waals surface area contributed by atoms with E-state index in [2.05, 4.69) is 10.1 Å². The second-order valence-corrected chi connectivity index (χ2v) is 7.13. The molecule has 0 N–H and O–H groups in total. The first-order chi connectivity index (χ1) is 12.6. The molecule has 4 nitrogen and oxygen atoms in total. The second kappa shape index (κ2) is 6.87. The SMILES string of the molecule is CSc1c(-c2ccc(Cl)cc2Cl)c(-n2cncn2)nc2ccc(F)cc12. The first kappa shape index (κ1) is 17.3. The third-order valence-corrected chi connectivity index (χ3v) is 5.30. The quantitative estimate of drug-likeness (QED) is 0.413. The van der Waals surface area contributed by atoms with Gasteiger partial charge in [-0.1, -0.05) is 29.3 Å². The van der Waals surface area contributed by atoms with E-state index < -0.39 is 0 Å². The van der Waals surface area contributed by atoms with E-state index in [1.807, 2.05) is 12.3 Å². The number of rotatable bonds is 3. The van der Waals surface area contributed by atoms with E-state index in [0.717, 1.165) is 16.0 Å². The van der Waals surface area contributed by atoms with Gasteiger partial charge in [-0.15, -0.1) is 11.8 Å². The van der Waals surface area contributed by atoms with Gasteiger partial charge in [0.05, 0.1) is 10.5 Å². The molecular formula is C18H11Cl2FN4S. The Labute approximate surface area is 163 Å². The van der Waals surface area contributed by atoms with E-state index in [-0.39, 0.29) is 5.82 Å². The van der Waals surface area contributed by atoms with E-state index >= 15 is 0 Å². The molecule has 0 saturated heterocycles. The first-order valence-electron chi connectivity index (χ1n) is 7.56. The maximum absolute atomic E-state index is 13.9. The Hall–Kier alpha value is -2.15. The smallest absolute Gasteiger partial charge is 0.164 e. The molecule has 4 aromatic rings. The van der Waals surface area contributed by atoms with Crippen LogP contribution in [0.4, 0.5) is 4.39 Å². The van der Waals surface area contributed by atoms with Crippen molar-refractivity contribution in [2.24, 2.45) is 0 Å². The molecule has 0 aliphatic rings. The lowest BCUT2D eigenvalue weighted by Gasteiger charge is -2.17. The Morgan fingerprint density at radius 3 is 2.65 bits per heavy atom. The Balaban J connectivity index is 2.16. The molecule has 2 heterocycles. The summed E-state index contributed by atoms with van der Waals surface area (Å²) in [6.45, 7) is 0. The summed E-state index contributed by atoms with van der Waals surface area (Å²) in [5.41, 5.74) is 2.16. The molecule has 0 amide bonds. The largest absolute Gasteiger partial charge is 0.228 e. The highest BCUT2D eigenvalue weighted by Gasteiger charge is 2.20. The summed E-state index contributed by atoms with van der Waals surface area (Å²) in [5, 5.41) is 5.93. The fourth-order valence-corrected chi connectivity index (χ4v) is 4.12. The van der Waals surface area contributed by atoms with Gasteiger partial charge in [0.1, 0.15) is 18.5 Å². The van der Waals surface area contributed by atoms with Crippen molar-refractivity contribution in [2.45, 2.75) is 4.90 Å². The van der Waals surface area contributed by atoms with Crippen LogP contribution in [0.25, 0.3) is 27.8 Å². The molecule has 0 aliphatic heterocycles. The summed E-state index contributed by atoms with van der Waals surface area (Å²) in [5.74, 6) is 0.242. The molecule has 2 aromatic carbocycles. The summed E-state index contributed by atoms with van der Waals surface area (Å²) in [4.78, 5) is 9.56. The molecule has 0 fully saturated rings. The summed E-state index contributed by atoms with van der Waals surface area (Å²) in [7, 11) is 0. The highest BCUT2D eigenvalue weighted by Crippen LogP contribution is 2.42. The van der Waals surface area contributed by atoms with Crippen LogP contribution >= 0.6 is 35.0 Å². The number of benzene rings is 2. The summed E-state index contributed by atoms with van der Waals surface area (Å²) in [6, 6.07) is 9.77. The van der Waals surface area contributed by atoms with E-state index in [1.54, 1.807) is 29.2 Å². The zero-order valence-electron chi connectivity index (χ0n) is 13.4. The first-order valence-corrected chi connectivity index (χ1v) is 9.54. The molecule has 0 aliphatic carbocycles. The van der Waals surface area contributed by atoms with Crippen molar-refractivity contribution in [3.63, 3.8) is 0 Å². The predicted octanol–water partition coefficient (Wildman–Crippen LogP) is 5.65. The normalized spacial score (nSPS) is 11.2. The van der Waals surface area contributed by atoms with Crippen LogP contribution in [0.15, 0.2) is 53.9 Å². The fraction of sp³-hybridized carbons (Fsp3) is 0.0556. The molecule has 0 unspecified atom stereocenters. The third kappa shape index (κ3) is 2.94. The zero-order valence-corrected chi connectivity index (χ0v) is 15.8.